The van der Waals surface area contributed by atoms with E-state index in [4.69, 9.17) is 0 Å². The van der Waals surface area contributed by atoms with Gasteiger partial charge in [-0.15, -0.1) is 5.10 Å². The average molecular weight is 260 g/mol. The largest absolute Gasteiger partial charge is 0.202 e. The number of nitriles is 1. The van der Waals surface area contributed by atoms with E-state index < -0.39 is 0 Å². The van der Waals surface area contributed by atoms with Crippen molar-refractivity contribution in [3.05, 3.63) is 59.7 Å². The van der Waals surface area contributed by atoms with Crippen LogP contribution in [0.25, 0.3) is 22.8 Å². The van der Waals surface area contributed by atoms with Crippen LogP contribution < -0.4 is 0 Å². The molecule has 0 radical (unpaired) electrons. The fraction of sp³-hybridized carbons (Fsp3) is 0.0625. The molecule has 20 heavy (non-hydrogen) atoms. The van der Waals surface area contributed by atoms with E-state index in [1.807, 2.05) is 55.5 Å². The van der Waals surface area contributed by atoms with E-state index in [2.05, 4.69) is 16.4 Å². The highest BCUT2D eigenvalue weighted by atomic mass is 15.4. The van der Waals surface area contributed by atoms with Gasteiger partial charge in [-0.05, 0) is 30.7 Å². The van der Waals surface area contributed by atoms with Crippen molar-refractivity contribution < 1.29 is 0 Å². The van der Waals surface area contributed by atoms with Crippen LogP contribution in [0.5, 0.6) is 0 Å². The number of benzene rings is 2. The van der Waals surface area contributed by atoms with Crippen LogP contribution in [0.2, 0.25) is 0 Å². The van der Waals surface area contributed by atoms with Gasteiger partial charge in [-0.1, -0.05) is 47.2 Å². The lowest BCUT2D eigenvalue weighted by Gasteiger charge is -2.00. The Bertz CT molecular complexity index is 820. The number of fused-ring (bicyclic) bond motifs is 1. The Morgan fingerprint density at radius 3 is 2.65 bits per heavy atom. The zero-order chi connectivity index (χ0) is 13.9. The van der Waals surface area contributed by atoms with Crippen molar-refractivity contribution in [2.45, 2.75) is 6.92 Å². The van der Waals surface area contributed by atoms with E-state index in [-0.39, 0.29) is 0 Å². The van der Waals surface area contributed by atoms with Crippen LogP contribution in [0, 0.1) is 18.3 Å². The van der Waals surface area contributed by atoms with Gasteiger partial charge in [-0.25, -0.2) is 4.68 Å². The number of hydrogen-bond donors (Lipinski definition) is 0. The molecule has 96 valence electrons. The van der Waals surface area contributed by atoms with Crippen molar-refractivity contribution in [3.63, 3.8) is 0 Å². The highest BCUT2D eigenvalue weighted by Gasteiger charge is 2.07. The van der Waals surface area contributed by atoms with E-state index in [9.17, 15) is 5.26 Å². The standard InChI is InChI=1S/C16H12N4/c1-12-6-8-13(9-7-12)10-14(11-17)20-16-5-3-2-4-15(16)18-19-20/h2-10H,1H3/b14-10-. The Morgan fingerprint density at radius 1 is 1.15 bits per heavy atom. The van der Waals surface area contributed by atoms with Gasteiger partial charge in [0, 0.05) is 0 Å². The first-order valence-corrected chi connectivity index (χ1v) is 6.27. The molecule has 0 aliphatic carbocycles. The van der Waals surface area contributed by atoms with Crippen molar-refractivity contribution in [3.8, 4) is 6.07 Å². The number of allylic oxidation sites excluding steroid dienone is 1. The molecule has 1 heterocycles. The van der Waals surface area contributed by atoms with E-state index in [1.165, 1.54) is 5.56 Å². The zero-order valence-corrected chi connectivity index (χ0v) is 11.0. The lowest BCUT2D eigenvalue weighted by atomic mass is 10.1. The number of aryl methyl sites for hydroxylation is 1. The molecule has 0 bridgehead atoms. The summed E-state index contributed by atoms with van der Waals surface area (Å²) in [6.45, 7) is 2.03. The lowest BCUT2D eigenvalue weighted by molar-refractivity contribution is 0.848. The molecule has 0 amide bonds. The smallest absolute Gasteiger partial charge is 0.145 e. The Kier molecular flexibility index (Phi) is 3.02. The highest BCUT2D eigenvalue weighted by Crippen LogP contribution is 2.17. The Hall–Kier alpha value is -2.93. The lowest BCUT2D eigenvalue weighted by Crippen LogP contribution is -1.97. The van der Waals surface area contributed by atoms with Crippen LogP contribution in [0.1, 0.15) is 11.1 Å². The van der Waals surface area contributed by atoms with Crippen molar-refractivity contribution in [2.75, 3.05) is 0 Å². The SMILES string of the molecule is Cc1ccc(/C=C(/C#N)n2nnc3ccccc32)cc1. The van der Waals surface area contributed by atoms with Crippen LogP contribution in [0.15, 0.2) is 48.5 Å². The van der Waals surface area contributed by atoms with Crippen LogP contribution in [0.4, 0.5) is 0 Å². The second-order valence-electron chi connectivity index (χ2n) is 4.54. The fourth-order valence-electron chi connectivity index (χ4n) is 2.01. The maximum Gasteiger partial charge on any atom is 0.145 e. The minimum atomic E-state index is 0.447. The summed E-state index contributed by atoms with van der Waals surface area (Å²) in [5.74, 6) is 0. The predicted octanol–water partition coefficient (Wildman–Crippen LogP) is 3.26. The third-order valence-corrected chi connectivity index (χ3v) is 3.08. The van der Waals surface area contributed by atoms with E-state index >= 15 is 0 Å². The van der Waals surface area contributed by atoms with Gasteiger partial charge < -0.3 is 0 Å². The summed E-state index contributed by atoms with van der Waals surface area (Å²) in [6, 6.07) is 17.7. The average Bonchev–Trinajstić information content (AvgIpc) is 2.91. The molecule has 0 unspecified atom stereocenters. The first-order chi connectivity index (χ1) is 9.78. The molecule has 2 aromatic carbocycles. The van der Waals surface area contributed by atoms with Gasteiger partial charge in [0.1, 0.15) is 17.3 Å². The van der Waals surface area contributed by atoms with Gasteiger partial charge >= 0.3 is 0 Å². The zero-order valence-electron chi connectivity index (χ0n) is 11.0. The van der Waals surface area contributed by atoms with Gasteiger partial charge in [0.15, 0.2) is 0 Å². The van der Waals surface area contributed by atoms with Gasteiger partial charge in [-0.2, -0.15) is 5.26 Å². The Balaban J connectivity index is 2.10. The fourth-order valence-corrected chi connectivity index (χ4v) is 2.01. The van der Waals surface area contributed by atoms with Crippen molar-refractivity contribution in [1.29, 1.82) is 5.26 Å². The van der Waals surface area contributed by atoms with E-state index in [0.717, 1.165) is 16.6 Å². The summed E-state index contributed by atoms with van der Waals surface area (Å²) in [7, 11) is 0. The molecule has 4 heteroatoms. The summed E-state index contributed by atoms with van der Waals surface area (Å²) in [6.07, 6.45) is 1.81. The summed E-state index contributed by atoms with van der Waals surface area (Å²) >= 11 is 0. The van der Waals surface area contributed by atoms with Crippen molar-refractivity contribution >= 4 is 22.8 Å². The maximum atomic E-state index is 9.37. The minimum Gasteiger partial charge on any atom is -0.202 e. The molecule has 0 N–H and O–H groups in total. The van der Waals surface area contributed by atoms with Crippen molar-refractivity contribution in [1.82, 2.24) is 15.0 Å². The molecule has 0 aliphatic rings. The first-order valence-electron chi connectivity index (χ1n) is 6.27. The van der Waals surface area contributed by atoms with Gasteiger partial charge in [0.25, 0.3) is 0 Å². The predicted molar refractivity (Wildman–Crippen MR) is 78.5 cm³/mol. The summed E-state index contributed by atoms with van der Waals surface area (Å²) in [5, 5.41) is 17.5. The van der Waals surface area contributed by atoms with E-state index in [0.29, 0.717) is 5.70 Å². The number of aromatic nitrogens is 3. The monoisotopic (exact) mass is 260 g/mol. The number of nitrogens with zero attached hydrogens (tertiary/aromatic N) is 4. The van der Waals surface area contributed by atoms with Crippen molar-refractivity contribution in [2.24, 2.45) is 0 Å². The molecule has 4 nitrogen and oxygen atoms in total. The van der Waals surface area contributed by atoms with Gasteiger partial charge in [0.05, 0.1) is 5.52 Å². The third-order valence-electron chi connectivity index (χ3n) is 3.08. The molecule has 0 saturated heterocycles. The molecule has 0 aliphatic heterocycles. The van der Waals surface area contributed by atoms with Crippen LogP contribution in [-0.2, 0) is 0 Å². The van der Waals surface area contributed by atoms with E-state index in [1.54, 1.807) is 10.8 Å². The highest BCUT2D eigenvalue weighted by molar-refractivity contribution is 5.86. The number of hydrogen-bond acceptors (Lipinski definition) is 3. The minimum absolute atomic E-state index is 0.447. The summed E-state index contributed by atoms with van der Waals surface area (Å²) < 4.78 is 1.56. The van der Waals surface area contributed by atoms with Crippen LogP contribution >= 0.6 is 0 Å². The number of para-hydroxylation sites is 1. The molecule has 0 saturated carbocycles. The van der Waals surface area contributed by atoms with Gasteiger partial charge in [0.2, 0.25) is 0 Å². The Morgan fingerprint density at radius 2 is 1.90 bits per heavy atom. The number of rotatable bonds is 2. The van der Waals surface area contributed by atoms with Crippen LogP contribution in [0.3, 0.4) is 0 Å². The molecular formula is C16H12N4. The molecule has 0 fully saturated rings. The summed E-state index contributed by atoms with van der Waals surface area (Å²) in [4.78, 5) is 0. The molecular weight excluding hydrogens is 248 g/mol. The normalized spacial score (nSPS) is 11.5. The third kappa shape index (κ3) is 2.17. The molecule has 3 aromatic rings. The first kappa shape index (κ1) is 12.1. The molecule has 3 rings (SSSR count). The Labute approximate surface area is 116 Å². The van der Waals surface area contributed by atoms with Crippen LogP contribution in [-0.4, -0.2) is 15.0 Å². The molecule has 1 aromatic heterocycles. The molecule has 0 atom stereocenters. The maximum absolute atomic E-state index is 9.37. The van der Waals surface area contributed by atoms with Gasteiger partial charge in [-0.3, -0.25) is 0 Å². The second-order valence-corrected chi connectivity index (χ2v) is 4.54. The summed E-state index contributed by atoms with van der Waals surface area (Å²) in [5.41, 5.74) is 4.20. The quantitative estimate of drug-likeness (QED) is 0.664. The second kappa shape index (κ2) is 4.98. The topological polar surface area (TPSA) is 54.5 Å². The molecule has 0 spiro atoms.